The Morgan fingerprint density at radius 3 is 2.77 bits per heavy atom. The molecule has 1 aromatic carbocycles. The van der Waals surface area contributed by atoms with Crippen molar-refractivity contribution in [2.75, 3.05) is 13.1 Å². The maximum Gasteiger partial charge on any atom is 0.420 e. The molecule has 2 aromatic rings. The van der Waals surface area contributed by atoms with Gasteiger partial charge in [-0.2, -0.15) is 0 Å². The van der Waals surface area contributed by atoms with E-state index in [-0.39, 0.29) is 23.7 Å². The molecular weight excluding hydrogens is 338 g/mol. The first-order chi connectivity index (χ1) is 12.5. The van der Waals surface area contributed by atoms with E-state index in [4.69, 9.17) is 4.42 Å². The minimum Gasteiger partial charge on any atom is -0.407 e. The van der Waals surface area contributed by atoms with Crippen LogP contribution >= 0.6 is 0 Å². The highest BCUT2D eigenvalue weighted by Crippen LogP contribution is 2.36. The number of aromatic nitrogens is 1. The first kappa shape index (κ1) is 16.8. The molecular formula is C18H21N3O5. The van der Waals surface area contributed by atoms with Gasteiger partial charge < -0.3 is 9.32 Å². The third-order valence-electron chi connectivity index (χ3n) is 5.80. The van der Waals surface area contributed by atoms with Gasteiger partial charge in [0.15, 0.2) is 5.58 Å². The van der Waals surface area contributed by atoms with E-state index in [0.717, 1.165) is 25.4 Å². The molecule has 0 radical (unpaired) electrons. The van der Waals surface area contributed by atoms with Crippen LogP contribution in [-0.2, 0) is 11.3 Å². The maximum atomic E-state index is 12.7. The second-order valence-electron chi connectivity index (χ2n) is 7.30. The second-order valence-corrected chi connectivity index (χ2v) is 7.30. The molecule has 0 spiro atoms. The minimum absolute atomic E-state index is 0.0962. The number of amides is 1. The highest BCUT2D eigenvalue weighted by Gasteiger charge is 2.33. The maximum absolute atomic E-state index is 12.7. The van der Waals surface area contributed by atoms with Gasteiger partial charge in [0.1, 0.15) is 6.54 Å². The van der Waals surface area contributed by atoms with Crippen LogP contribution in [0, 0.1) is 22.0 Å². The summed E-state index contributed by atoms with van der Waals surface area (Å²) in [5.74, 6) is 0.534. The van der Waals surface area contributed by atoms with Crippen molar-refractivity contribution in [2.24, 2.45) is 11.8 Å². The monoisotopic (exact) mass is 359 g/mol. The molecule has 2 fully saturated rings. The smallest absolute Gasteiger partial charge is 0.407 e. The number of carbonyl (C=O) groups excluding carboxylic acids is 1. The van der Waals surface area contributed by atoms with Crippen LogP contribution < -0.4 is 5.76 Å². The standard InChI is InChI=1S/C18H21N3O5/c22-17(19-8-7-12-3-1-2-4-13(12)10-19)11-20-15-6-5-14(21(24)25)9-16(15)26-18(20)23/h5-6,9,12-13H,1-4,7-8,10-11H2/t12-,13+/m0/s1. The number of nitrogens with zero attached hydrogens (tertiary/aromatic N) is 3. The van der Waals surface area contributed by atoms with Gasteiger partial charge in [-0.1, -0.05) is 19.3 Å². The van der Waals surface area contributed by atoms with Gasteiger partial charge >= 0.3 is 5.76 Å². The number of nitro groups is 1. The van der Waals surface area contributed by atoms with Crippen LogP contribution in [0.15, 0.2) is 27.4 Å². The van der Waals surface area contributed by atoms with Crippen molar-refractivity contribution >= 4 is 22.7 Å². The fourth-order valence-electron chi connectivity index (χ4n) is 4.38. The SMILES string of the molecule is O=C(Cn1c(=O)oc2cc([N+](=O)[O-])ccc21)N1CC[C@@H]2CCCC[C@@H]2C1. The van der Waals surface area contributed by atoms with E-state index >= 15 is 0 Å². The number of benzene rings is 1. The summed E-state index contributed by atoms with van der Waals surface area (Å²) in [5.41, 5.74) is 0.383. The molecule has 26 heavy (non-hydrogen) atoms. The molecule has 1 aromatic heterocycles. The molecule has 0 unspecified atom stereocenters. The molecule has 138 valence electrons. The summed E-state index contributed by atoms with van der Waals surface area (Å²) in [7, 11) is 0. The molecule has 0 bridgehead atoms. The number of likely N-dealkylation sites (tertiary alicyclic amines) is 1. The third-order valence-corrected chi connectivity index (χ3v) is 5.80. The van der Waals surface area contributed by atoms with Crippen molar-refractivity contribution < 1.29 is 14.1 Å². The van der Waals surface area contributed by atoms with Crippen molar-refractivity contribution in [3.8, 4) is 0 Å². The number of carbonyl (C=O) groups is 1. The summed E-state index contributed by atoms with van der Waals surface area (Å²) in [5, 5.41) is 10.9. The average molecular weight is 359 g/mol. The Kier molecular flexibility index (Phi) is 4.26. The summed E-state index contributed by atoms with van der Waals surface area (Å²) in [6.07, 6.45) is 5.99. The number of fused-ring (bicyclic) bond motifs is 2. The lowest BCUT2D eigenvalue weighted by atomic mass is 9.75. The molecule has 4 rings (SSSR count). The number of oxazole rings is 1. The van der Waals surface area contributed by atoms with Crippen LogP contribution in [0.3, 0.4) is 0 Å². The average Bonchev–Trinajstić information content (AvgIpc) is 2.95. The van der Waals surface area contributed by atoms with E-state index in [2.05, 4.69) is 0 Å². The molecule has 0 N–H and O–H groups in total. The van der Waals surface area contributed by atoms with Crippen LogP contribution in [0.25, 0.3) is 11.1 Å². The topological polar surface area (TPSA) is 98.6 Å². The molecule has 1 saturated heterocycles. The van der Waals surface area contributed by atoms with E-state index in [1.165, 1.54) is 48.4 Å². The minimum atomic E-state index is -0.665. The number of nitro benzene ring substituents is 1. The molecule has 1 saturated carbocycles. The molecule has 2 aliphatic rings. The molecule has 2 heterocycles. The highest BCUT2D eigenvalue weighted by atomic mass is 16.6. The normalized spacial score (nSPS) is 23.0. The molecule has 8 nitrogen and oxygen atoms in total. The Morgan fingerprint density at radius 1 is 1.23 bits per heavy atom. The summed E-state index contributed by atoms with van der Waals surface area (Å²) >= 11 is 0. The summed E-state index contributed by atoms with van der Waals surface area (Å²) in [4.78, 5) is 37.0. The van der Waals surface area contributed by atoms with Gasteiger partial charge in [0.25, 0.3) is 5.69 Å². The Morgan fingerprint density at radius 2 is 2.00 bits per heavy atom. The largest absolute Gasteiger partial charge is 0.420 e. The third kappa shape index (κ3) is 3.00. The zero-order chi connectivity index (χ0) is 18.3. The van der Waals surface area contributed by atoms with E-state index in [0.29, 0.717) is 11.4 Å². The van der Waals surface area contributed by atoms with E-state index in [9.17, 15) is 19.7 Å². The van der Waals surface area contributed by atoms with Crippen LogP contribution in [0.5, 0.6) is 0 Å². The zero-order valence-corrected chi connectivity index (χ0v) is 14.4. The Labute approximate surface area is 149 Å². The number of rotatable bonds is 3. The van der Waals surface area contributed by atoms with Crippen molar-refractivity contribution in [3.05, 3.63) is 38.9 Å². The van der Waals surface area contributed by atoms with Crippen molar-refractivity contribution in [1.82, 2.24) is 9.47 Å². The first-order valence-electron chi connectivity index (χ1n) is 9.08. The van der Waals surface area contributed by atoms with Crippen molar-refractivity contribution in [3.63, 3.8) is 0 Å². The fourth-order valence-corrected chi connectivity index (χ4v) is 4.38. The summed E-state index contributed by atoms with van der Waals surface area (Å²) < 4.78 is 6.35. The molecule has 1 aliphatic carbocycles. The van der Waals surface area contributed by atoms with Crippen LogP contribution in [0.2, 0.25) is 0 Å². The van der Waals surface area contributed by atoms with E-state index < -0.39 is 10.7 Å². The lowest BCUT2D eigenvalue weighted by molar-refractivity contribution is -0.384. The lowest BCUT2D eigenvalue weighted by Crippen LogP contribution is -2.46. The van der Waals surface area contributed by atoms with Crippen LogP contribution in [0.4, 0.5) is 5.69 Å². The van der Waals surface area contributed by atoms with E-state index in [1.807, 2.05) is 4.90 Å². The number of piperidine rings is 1. The fraction of sp³-hybridized carbons (Fsp3) is 0.556. The Balaban J connectivity index is 1.53. The molecule has 2 atom stereocenters. The van der Waals surface area contributed by atoms with Crippen LogP contribution in [-0.4, -0.2) is 33.4 Å². The van der Waals surface area contributed by atoms with E-state index in [1.54, 1.807) is 0 Å². The lowest BCUT2D eigenvalue weighted by Gasteiger charge is -2.41. The van der Waals surface area contributed by atoms with Gasteiger partial charge in [0.05, 0.1) is 16.5 Å². The Hall–Kier alpha value is -2.64. The molecule has 1 amide bonds. The van der Waals surface area contributed by atoms with Gasteiger partial charge in [-0.15, -0.1) is 0 Å². The highest BCUT2D eigenvalue weighted by molar-refractivity contribution is 5.80. The number of hydrogen-bond acceptors (Lipinski definition) is 5. The van der Waals surface area contributed by atoms with Gasteiger partial charge in [-0.05, 0) is 30.7 Å². The second kappa shape index (κ2) is 6.59. The van der Waals surface area contributed by atoms with Gasteiger partial charge in [0, 0.05) is 19.2 Å². The number of non-ortho nitro benzene ring substituents is 1. The molecule has 8 heteroatoms. The zero-order valence-electron chi connectivity index (χ0n) is 14.4. The van der Waals surface area contributed by atoms with Crippen molar-refractivity contribution in [1.29, 1.82) is 0 Å². The Bertz CT molecular complexity index is 915. The predicted molar refractivity (Wildman–Crippen MR) is 93.8 cm³/mol. The summed E-state index contributed by atoms with van der Waals surface area (Å²) in [6, 6.07) is 3.98. The first-order valence-corrected chi connectivity index (χ1v) is 9.08. The summed E-state index contributed by atoms with van der Waals surface area (Å²) in [6.45, 7) is 1.40. The number of hydrogen-bond donors (Lipinski definition) is 0. The van der Waals surface area contributed by atoms with Crippen molar-refractivity contribution in [2.45, 2.75) is 38.6 Å². The molecule has 1 aliphatic heterocycles. The van der Waals surface area contributed by atoms with Gasteiger partial charge in [0.2, 0.25) is 5.91 Å². The predicted octanol–water partition coefficient (Wildman–Crippen LogP) is 2.54. The van der Waals surface area contributed by atoms with Gasteiger partial charge in [-0.25, -0.2) is 4.79 Å². The van der Waals surface area contributed by atoms with Crippen LogP contribution in [0.1, 0.15) is 32.1 Å². The quantitative estimate of drug-likeness (QED) is 0.619. The van der Waals surface area contributed by atoms with Gasteiger partial charge in [-0.3, -0.25) is 19.5 Å².